The molecule has 0 atom stereocenters. The van der Waals surface area contributed by atoms with Gasteiger partial charge in [-0.05, 0) is 29.8 Å². The minimum atomic E-state index is -0.723. The molecule has 0 radical (unpaired) electrons. The predicted molar refractivity (Wildman–Crippen MR) is 77.2 cm³/mol. The first-order chi connectivity index (χ1) is 10.1. The smallest absolute Gasteiger partial charge is 0.298 e. The lowest BCUT2D eigenvalue weighted by molar-refractivity contribution is -0.384. The van der Waals surface area contributed by atoms with E-state index in [-0.39, 0.29) is 5.69 Å². The Morgan fingerprint density at radius 3 is 2.43 bits per heavy atom. The molecule has 0 unspecified atom stereocenters. The summed E-state index contributed by atoms with van der Waals surface area (Å²) in [6.45, 7) is 0. The molecule has 2 rings (SSSR count). The molecule has 0 saturated carbocycles. The highest BCUT2D eigenvalue weighted by Gasteiger charge is 2.03. The molecule has 2 aromatic carbocycles. The molecule has 0 aliphatic heterocycles. The van der Waals surface area contributed by atoms with Gasteiger partial charge in [-0.1, -0.05) is 23.4 Å². The van der Waals surface area contributed by atoms with Crippen molar-refractivity contribution in [1.82, 2.24) is 0 Å². The standard InChI is InChI=1S/C14H11N3O4/c18-14(16-12-4-2-1-3-5-12)21-15-10-11-6-8-13(9-7-11)17(19)20/h1-10H,(H,16,18)/b15-10-. The summed E-state index contributed by atoms with van der Waals surface area (Å²) < 4.78 is 0. The summed E-state index contributed by atoms with van der Waals surface area (Å²) in [6.07, 6.45) is 0.563. The first kappa shape index (κ1) is 14.2. The van der Waals surface area contributed by atoms with E-state index in [0.29, 0.717) is 11.3 Å². The molecule has 0 aromatic heterocycles. The molecule has 1 N–H and O–H groups in total. The minimum absolute atomic E-state index is 0.0186. The van der Waals surface area contributed by atoms with E-state index in [1.54, 1.807) is 24.3 Å². The normalized spacial score (nSPS) is 10.3. The van der Waals surface area contributed by atoms with E-state index in [1.165, 1.54) is 30.5 Å². The lowest BCUT2D eigenvalue weighted by Gasteiger charge is -2.01. The fourth-order valence-corrected chi connectivity index (χ4v) is 1.48. The Morgan fingerprint density at radius 2 is 1.81 bits per heavy atom. The second kappa shape index (κ2) is 6.80. The highest BCUT2D eigenvalue weighted by atomic mass is 16.7. The quantitative estimate of drug-likeness (QED) is 0.404. The van der Waals surface area contributed by atoms with Gasteiger partial charge < -0.3 is 0 Å². The average molecular weight is 285 g/mol. The van der Waals surface area contributed by atoms with Gasteiger partial charge in [0.25, 0.3) is 5.69 Å². The van der Waals surface area contributed by atoms with Crippen LogP contribution in [-0.4, -0.2) is 17.2 Å². The zero-order valence-corrected chi connectivity index (χ0v) is 10.8. The van der Waals surface area contributed by atoms with Crippen LogP contribution in [0.4, 0.5) is 16.2 Å². The van der Waals surface area contributed by atoms with Gasteiger partial charge in [-0.25, -0.2) is 4.79 Å². The van der Waals surface area contributed by atoms with E-state index < -0.39 is 11.0 Å². The molecule has 0 heterocycles. The number of nitro groups is 1. The predicted octanol–water partition coefficient (Wildman–Crippen LogP) is 3.18. The van der Waals surface area contributed by atoms with E-state index in [9.17, 15) is 14.9 Å². The maximum absolute atomic E-state index is 11.4. The van der Waals surface area contributed by atoms with Gasteiger partial charge in [-0.15, -0.1) is 0 Å². The summed E-state index contributed by atoms with van der Waals surface area (Å²) in [7, 11) is 0. The van der Waals surface area contributed by atoms with Crippen LogP contribution in [0.1, 0.15) is 5.56 Å². The van der Waals surface area contributed by atoms with Crippen molar-refractivity contribution in [1.29, 1.82) is 0 Å². The molecule has 1 amide bonds. The van der Waals surface area contributed by atoms with Gasteiger partial charge in [0.1, 0.15) is 0 Å². The number of oxime groups is 1. The maximum Gasteiger partial charge on any atom is 0.437 e. The monoisotopic (exact) mass is 285 g/mol. The SMILES string of the molecule is O=C(Nc1ccccc1)O/N=C\c1ccc([N+](=O)[O-])cc1. The number of anilines is 1. The number of carbonyl (C=O) groups is 1. The van der Waals surface area contributed by atoms with Crippen LogP contribution in [0, 0.1) is 10.1 Å². The summed E-state index contributed by atoms with van der Waals surface area (Å²) in [4.78, 5) is 26.0. The number of nitro benzene ring substituents is 1. The lowest BCUT2D eigenvalue weighted by atomic mass is 10.2. The molecule has 0 spiro atoms. The molecule has 0 bridgehead atoms. The number of non-ortho nitro benzene ring substituents is 1. The molecule has 7 heteroatoms. The summed E-state index contributed by atoms with van der Waals surface area (Å²) in [6, 6.07) is 14.5. The number of carbonyl (C=O) groups excluding carboxylic acids is 1. The molecule has 0 aliphatic carbocycles. The molecular formula is C14H11N3O4. The molecule has 0 saturated heterocycles. The minimum Gasteiger partial charge on any atom is -0.298 e. The third kappa shape index (κ3) is 4.43. The lowest BCUT2D eigenvalue weighted by Crippen LogP contribution is -2.10. The molecular weight excluding hydrogens is 274 g/mol. The number of amides is 1. The van der Waals surface area contributed by atoms with Gasteiger partial charge in [0, 0.05) is 17.8 Å². The number of benzene rings is 2. The Hall–Kier alpha value is -3.22. The highest BCUT2D eigenvalue weighted by molar-refractivity contribution is 5.85. The van der Waals surface area contributed by atoms with Crippen LogP contribution in [0.15, 0.2) is 59.8 Å². The van der Waals surface area contributed by atoms with Crippen molar-refractivity contribution in [2.45, 2.75) is 0 Å². The Kier molecular flexibility index (Phi) is 4.60. The average Bonchev–Trinajstić information content (AvgIpc) is 2.49. The molecule has 7 nitrogen and oxygen atoms in total. The van der Waals surface area contributed by atoms with Crippen molar-refractivity contribution in [2.75, 3.05) is 5.32 Å². The molecule has 106 valence electrons. The number of hydrogen-bond donors (Lipinski definition) is 1. The molecule has 0 fully saturated rings. The Bertz CT molecular complexity index is 654. The highest BCUT2D eigenvalue weighted by Crippen LogP contribution is 2.10. The first-order valence-electron chi connectivity index (χ1n) is 5.96. The number of rotatable bonds is 4. The zero-order valence-electron chi connectivity index (χ0n) is 10.8. The third-order valence-electron chi connectivity index (χ3n) is 2.46. The number of para-hydroxylation sites is 1. The topological polar surface area (TPSA) is 93.8 Å². The van der Waals surface area contributed by atoms with Crippen LogP contribution in [0.2, 0.25) is 0 Å². The number of nitrogens with zero attached hydrogens (tertiary/aromatic N) is 2. The number of hydrogen-bond acceptors (Lipinski definition) is 5. The van der Waals surface area contributed by atoms with Gasteiger partial charge in [0.2, 0.25) is 0 Å². The summed E-state index contributed by atoms with van der Waals surface area (Å²) in [5, 5.41) is 16.5. The zero-order chi connectivity index (χ0) is 15.1. The van der Waals surface area contributed by atoms with Crippen LogP contribution in [0.25, 0.3) is 0 Å². The van der Waals surface area contributed by atoms with E-state index in [4.69, 9.17) is 0 Å². The fourth-order valence-electron chi connectivity index (χ4n) is 1.48. The van der Waals surface area contributed by atoms with Gasteiger partial charge in [-0.2, -0.15) is 0 Å². The largest absolute Gasteiger partial charge is 0.437 e. The Morgan fingerprint density at radius 1 is 1.14 bits per heavy atom. The summed E-state index contributed by atoms with van der Waals surface area (Å²) in [5.41, 5.74) is 1.15. The Labute approximate surface area is 120 Å². The molecule has 2 aromatic rings. The van der Waals surface area contributed by atoms with Crippen LogP contribution >= 0.6 is 0 Å². The molecule has 21 heavy (non-hydrogen) atoms. The van der Waals surface area contributed by atoms with Gasteiger partial charge in [0.15, 0.2) is 0 Å². The second-order valence-corrected chi connectivity index (χ2v) is 3.95. The van der Waals surface area contributed by atoms with Crippen molar-refractivity contribution in [2.24, 2.45) is 5.16 Å². The van der Waals surface area contributed by atoms with Crippen molar-refractivity contribution >= 4 is 23.7 Å². The van der Waals surface area contributed by atoms with Crippen molar-refractivity contribution in [3.05, 3.63) is 70.3 Å². The van der Waals surface area contributed by atoms with Crippen molar-refractivity contribution in [3.63, 3.8) is 0 Å². The van der Waals surface area contributed by atoms with Gasteiger partial charge >= 0.3 is 6.09 Å². The molecule has 0 aliphatic rings. The summed E-state index contributed by atoms with van der Waals surface area (Å²) in [5.74, 6) is 0. The van der Waals surface area contributed by atoms with E-state index >= 15 is 0 Å². The van der Waals surface area contributed by atoms with Crippen LogP contribution < -0.4 is 5.32 Å². The van der Waals surface area contributed by atoms with E-state index in [2.05, 4.69) is 15.3 Å². The van der Waals surface area contributed by atoms with Crippen LogP contribution in [0.3, 0.4) is 0 Å². The van der Waals surface area contributed by atoms with E-state index in [1.807, 2.05) is 6.07 Å². The van der Waals surface area contributed by atoms with Gasteiger partial charge in [-0.3, -0.25) is 20.3 Å². The third-order valence-corrected chi connectivity index (χ3v) is 2.46. The first-order valence-corrected chi connectivity index (χ1v) is 5.96. The van der Waals surface area contributed by atoms with E-state index in [0.717, 1.165) is 0 Å². The number of nitrogens with one attached hydrogen (secondary N) is 1. The second-order valence-electron chi connectivity index (χ2n) is 3.95. The van der Waals surface area contributed by atoms with Crippen LogP contribution in [0.5, 0.6) is 0 Å². The van der Waals surface area contributed by atoms with Gasteiger partial charge in [0.05, 0.1) is 11.1 Å². The summed E-state index contributed by atoms with van der Waals surface area (Å²) >= 11 is 0. The van der Waals surface area contributed by atoms with Crippen LogP contribution in [-0.2, 0) is 4.84 Å². The van der Waals surface area contributed by atoms with Crippen molar-refractivity contribution in [3.8, 4) is 0 Å². The Balaban J connectivity index is 1.87. The maximum atomic E-state index is 11.4. The fraction of sp³-hybridized carbons (Fsp3) is 0. The van der Waals surface area contributed by atoms with Crippen molar-refractivity contribution < 1.29 is 14.6 Å².